The van der Waals surface area contributed by atoms with Crippen molar-refractivity contribution < 1.29 is 0 Å². The van der Waals surface area contributed by atoms with Crippen molar-refractivity contribution in [2.75, 3.05) is 30.9 Å². The predicted molar refractivity (Wildman–Crippen MR) is 87.0 cm³/mol. The molecule has 1 N–H and O–H groups in total. The Hall–Kier alpha value is -0.670. The minimum absolute atomic E-state index is 0.460. The summed E-state index contributed by atoms with van der Waals surface area (Å²) in [5.41, 5.74) is 3.10. The summed E-state index contributed by atoms with van der Waals surface area (Å²) in [5.74, 6) is 2.51. The molecule has 1 saturated heterocycles. The van der Waals surface area contributed by atoms with E-state index in [1.165, 1.54) is 29.2 Å². The molecular weight excluding hydrogens is 252 g/mol. The van der Waals surface area contributed by atoms with Crippen molar-refractivity contribution in [1.82, 2.24) is 4.90 Å². The van der Waals surface area contributed by atoms with Crippen LogP contribution in [0.5, 0.6) is 0 Å². The first-order valence-electron chi connectivity index (χ1n) is 7.03. The van der Waals surface area contributed by atoms with E-state index >= 15 is 0 Å². The van der Waals surface area contributed by atoms with E-state index < -0.39 is 0 Å². The van der Waals surface area contributed by atoms with Crippen molar-refractivity contribution in [3.05, 3.63) is 29.8 Å². The monoisotopic (exact) mass is 278 g/mol. The summed E-state index contributed by atoms with van der Waals surface area (Å²) >= 11 is 2.07. The Labute approximate surface area is 122 Å². The van der Waals surface area contributed by atoms with Crippen LogP contribution in [0.25, 0.3) is 0 Å². The maximum Gasteiger partial charge on any atom is 0.0357 e. The summed E-state index contributed by atoms with van der Waals surface area (Å²) in [6, 6.07) is 9.42. The first kappa shape index (κ1) is 14.7. The standard InChI is InChI=1S/C16H26N2S/c1-16(2)9-15(11-19-12-16)17-14-7-5-6-13(8-14)10-18(3)4/h5-8,15,17H,9-12H2,1-4H3. The summed E-state index contributed by atoms with van der Waals surface area (Å²) in [6.07, 6.45) is 1.26. The second-order valence-electron chi connectivity index (χ2n) is 6.66. The molecule has 0 bridgehead atoms. The van der Waals surface area contributed by atoms with E-state index in [-0.39, 0.29) is 0 Å². The number of nitrogens with zero attached hydrogens (tertiary/aromatic N) is 1. The second kappa shape index (κ2) is 6.19. The van der Waals surface area contributed by atoms with Gasteiger partial charge in [0.15, 0.2) is 0 Å². The van der Waals surface area contributed by atoms with Gasteiger partial charge in [-0.15, -0.1) is 0 Å². The highest BCUT2D eigenvalue weighted by Crippen LogP contribution is 2.34. The minimum atomic E-state index is 0.460. The van der Waals surface area contributed by atoms with E-state index in [9.17, 15) is 0 Å². The molecule has 1 aromatic rings. The average Bonchev–Trinajstić information content (AvgIpc) is 2.26. The number of thioether (sulfide) groups is 1. The lowest BCUT2D eigenvalue weighted by atomic mass is 9.88. The van der Waals surface area contributed by atoms with Crippen LogP contribution < -0.4 is 5.32 Å². The molecule has 0 radical (unpaired) electrons. The number of hydrogen-bond donors (Lipinski definition) is 1. The van der Waals surface area contributed by atoms with Gasteiger partial charge in [-0.2, -0.15) is 11.8 Å². The van der Waals surface area contributed by atoms with Gasteiger partial charge in [-0.25, -0.2) is 0 Å². The van der Waals surface area contributed by atoms with Crippen molar-refractivity contribution >= 4 is 17.4 Å². The molecule has 0 saturated carbocycles. The molecule has 1 aromatic carbocycles. The third-order valence-corrected chi connectivity index (χ3v) is 5.03. The van der Waals surface area contributed by atoms with E-state index in [2.05, 4.69) is 74.2 Å². The normalized spacial score (nSPS) is 22.5. The van der Waals surface area contributed by atoms with Crippen LogP contribution in [0, 0.1) is 5.41 Å². The van der Waals surface area contributed by atoms with Crippen LogP contribution in [0.3, 0.4) is 0 Å². The summed E-state index contributed by atoms with van der Waals surface area (Å²) in [6.45, 7) is 5.74. The zero-order valence-electron chi connectivity index (χ0n) is 12.6. The Kier molecular flexibility index (Phi) is 4.80. The largest absolute Gasteiger partial charge is 0.381 e. The van der Waals surface area contributed by atoms with Gasteiger partial charge in [0.05, 0.1) is 0 Å². The number of benzene rings is 1. The first-order chi connectivity index (χ1) is 8.94. The lowest BCUT2D eigenvalue weighted by molar-refractivity contribution is 0.358. The highest BCUT2D eigenvalue weighted by atomic mass is 32.2. The zero-order valence-corrected chi connectivity index (χ0v) is 13.4. The lowest BCUT2D eigenvalue weighted by Gasteiger charge is -2.35. The van der Waals surface area contributed by atoms with Crippen molar-refractivity contribution in [1.29, 1.82) is 0 Å². The van der Waals surface area contributed by atoms with E-state index in [1.807, 2.05) is 0 Å². The maximum absolute atomic E-state index is 3.71. The van der Waals surface area contributed by atoms with Gasteiger partial charge >= 0.3 is 0 Å². The van der Waals surface area contributed by atoms with Gasteiger partial charge in [0, 0.05) is 24.0 Å². The van der Waals surface area contributed by atoms with Crippen LogP contribution in [-0.2, 0) is 6.54 Å². The molecule has 0 amide bonds. The fourth-order valence-corrected chi connectivity index (χ4v) is 3.99. The molecule has 1 aliphatic rings. The molecular formula is C16H26N2S. The van der Waals surface area contributed by atoms with Crippen LogP contribution in [0.15, 0.2) is 24.3 Å². The van der Waals surface area contributed by atoms with Crippen molar-refractivity contribution in [3.8, 4) is 0 Å². The smallest absolute Gasteiger partial charge is 0.0357 e. The molecule has 1 fully saturated rings. The number of rotatable bonds is 4. The van der Waals surface area contributed by atoms with Gasteiger partial charge < -0.3 is 10.2 Å². The molecule has 0 spiro atoms. The topological polar surface area (TPSA) is 15.3 Å². The quantitative estimate of drug-likeness (QED) is 0.904. The minimum Gasteiger partial charge on any atom is -0.381 e. The van der Waals surface area contributed by atoms with E-state index in [4.69, 9.17) is 0 Å². The molecule has 1 aliphatic heterocycles. The number of anilines is 1. The van der Waals surface area contributed by atoms with Crippen LogP contribution in [-0.4, -0.2) is 36.5 Å². The predicted octanol–water partition coefficient (Wildman–Crippen LogP) is 3.69. The highest BCUT2D eigenvalue weighted by molar-refractivity contribution is 7.99. The molecule has 1 unspecified atom stereocenters. The Morgan fingerprint density at radius 2 is 2.16 bits per heavy atom. The summed E-state index contributed by atoms with van der Waals surface area (Å²) in [4.78, 5) is 2.21. The highest BCUT2D eigenvalue weighted by Gasteiger charge is 2.28. The van der Waals surface area contributed by atoms with Crippen LogP contribution in [0.2, 0.25) is 0 Å². The third-order valence-electron chi connectivity index (χ3n) is 3.41. The zero-order chi connectivity index (χ0) is 13.9. The van der Waals surface area contributed by atoms with Crippen LogP contribution in [0.1, 0.15) is 25.8 Å². The molecule has 3 heteroatoms. The van der Waals surface area contributed by atoms with Gasteiger partial charge in [0.2, 0.25) is 0 Å². The number of nitrogens with one attached hydrogen (secondary N) is 1. The van der Waals surface area contributed by atoms with Crippen LogP contribution in [0.4, 0.5) is 5.69 Å². The molecule has 2 nitrogen and oxygen atoms in total. The molecule has 2 rings (SSSR count). The summed E-state index contributed by atoms with van der Waals surface area (Å²) in [5, 5.41) is 3.71. The second-order valence-corrected chi connectivity index (χ2v) is 7.69. The first-order valence-corrected chi connectivity index (χ1v) is 8.18. The number of hydrogen-bond acceptors (Lipinski definition) is 3. The third kappa shape index (κ3) is 4.73. The summed E-state index contributed by atoms with van der Waals surface area (Å²) < 4.78 is 0. The van der Waals surface area contributed by atoms with E-state index in [1.54, 1.807) is 0 Å². The van der Waals surface area contributed by atoms with Crippen molar-refractivity contribution in [2.24, 2.45) is 5.41 Å². The SMILES string of the molecule is CN(C)Cc1cccc(NC2CSCC(C)(C)C2)c1. The maximum atomic E-state index is 3.71. The molecule has 19 heavy (non-hydrogen) atoms. The average molecular weight is 278 g/mol. The Morgan fingerprint density at radius 3 is 2.84 bits per heavy atom. The van der Waals surface area contributed by atoms with Gasteiger partial charge in [-0.1, -0.05) is 26.0 Å². The Morgan fingerprint density at radius 1 is 1.37 bits per heavy atom. The van der Waals surface area contributed by atoms with Crippen molar-refractivity contribution in [2.45, 2.75) is 32.9 Å². The summed E-state index contributed by atoms with van der Waals surface area (Å²) in [7, 11) is 4.22. The Bertz CT molecular complexity index is 415. The van der Waals surface area contributed by atoms with Crippen LogP contribution >= 0.6 is 11.8 Å². The fraction of sp³-hybridized carbons (Fsp3) is 0.625. The van der Waals surface area contributed by atoms with Gasteiger partial charge in [0.1, 0.15) is 0 Å². The molecule has 1 atom stereocenters. The van der Waals surface area contributed by atoms with Gasteiger partial charge in [-0.05, 0) is 49.4 Å². The molecule has 106 valence electrons. The molecule has 0 aliphatic carbocycles. The fourth-order valence-electron chi connectivity index (χ4n) is 2.72. The van der Waals surface area contributed by atoms with E-state index in [0.29, 0.717) is 11.5 Å². The molecule has 0 aromatic heterocycles. The van der Waals surface area contributed by atoms with Gasteiger partial charge in [0.25, 0.3) is 0 Å². The van der Waals surface area contributed by atoms with Gasteiger partial charge in [-0.3, -0.25) is 0 Å². The molecule has 1 heterocycles. The lowest BCUT2D eigenvalue weighted by Crippen LogP contribution is -2.35. The Balaban J connectivity index is 1.98. The van der Waals surface area contributed by atoms with Crippen molar-refractivity contribution in [3.63, 3.8) is 0 Å². The van der Waals surface area contributed by atoms with E-state index in [0.717, 1.165) is 6.54 Å².